The Labute approximate surface area is 157 Å². The Morgan fingerprint density at radius 1 is 1.27 bits per heavy atom. The Kier molecular flexibility index (Phi) is 6.88. The first-order valence-electron chi connectivity index (χ1n) is 10.2. The van der Waals surface area contributed by atoms with E-state index in [0.717, 1.165) is 49.5 Å². The van der Waals surface area contributed by atoms with Gasteiger partial charge >= 0.3 is 0 Å². The summed E-state index contributed by atoms with van der Waals surface area (Å²) in [5.41, 5.74) is 0. The second-order valence-corrected chi connectivity index (χ2v) is 7.69. The summed E-state index contributed by atoms with van der Waals surface area (Å²) in [6.45, 7) is 6.48. The molecule has 1 saturated carbocycles. The van der Waals surface area contributed by atoms with E-state index in [1.165, 1.54) is 32.1 Å². The van der Waals surface area contributed by atoms with Crippen LogP contribution in [0, 0.1) is 12.8 Å². The molecular formula is C19H34N6O. The van der Waals surface area contributed by atoms with E-state index in [-0.39, 0.29) is 0 Å². The quantitative estimate of drug-likeness (QED) is 0.600. The Morgan fingerprint density at radius 2 is 2.15 bits per heavy atom. The van der Waals surface area contributed by atoms with Crippen molar-refractivity contribution in [1.82, 2.24) is 25.4 Å². The normalized spacial score (nSPS) is 26.9. The zero-order valence-corrected chi connectivity index (χ0v) is 16.5. The molecule has 1 aliphatic carbocycles. The molecule has 1 saturated heterocycles. The fraction of sp³-hybridized carbons (Fsp3) is 0.842. The van der Waals surface area contributed by atoms with Crippen molar-refractivity contribution in [2.45, 2.75) is 77.5 Å². The van der Waals surface area contributed by atoms with Gasteiger partial charge < -0.3 is 19.9 Å². The van der Waals surface area contributed by atoms with Gasteiger partial charge in [0, 0.05) is 26.2 Å². The smallest absolute Gasteiger partial charge is 0.192 e. The van der Waals surface area contributed by atoms with Crippen LogP contribution in [0.2, 0.25) is 0 Å². The summed E-state index contributed by atoms with van der Waals surface area (Å²) in [7, 11) is 1.99. The number of hydrogen-bond donors (Lipinski definition) is 2. The SMILES string of the molecule is CCC1CCCC(NC(=NCc2nnc(C)n2C)NCC2CCCO2)C1. The molecule has 3 unspecified atom stereocenters. The number of rotatable bonds is 6. The zero-order valence-electron chi connectivity index (χ0n) is 16.5. The minimum Gasteiger partial charge on any atom is -0.376 e. The van der Waals surface area contributed by atoms with Gasteiger partial charge in [0.15, 0.2) is 11.8 Å². The van der Waals surface area contributed by atoms with E-state index in [1.54, 1.807) is 0 Å². The van der Waals surface area contributed by atoms with E-state index in [9.17, 15) is 0 Å². The number of hydrogen-bond acceptors (Lipinski definition) is 4. The number of nitrogens with zero attached hydrogens (tertiary/aromatic N) is 4. The van der Waals surface area contributed by atoms with Crippen LogP contribution in [0.4, 0.5) is 0 Å². The number of aryl methyl sites for hydroxylation is 1. The van der Waals surface area contributed by atoms with Crippen LogP contribution in [-0.4, -0.2) is 46.0 Å². The standard InChI is InChI=1S/C19H34N6O/c1-4-15-7-5-8-16(11-15)22-19(20-12-17-9-6-10-26-17)21-13-18-24-23-14(2)25(18)3/h15-17H,4-13H2,1-3H3,(H2,20,21,22). The van der Waals surface area contributed by atoms with Gasteiger partial charge in [-0.1, -0.05) is 26.2 Å². The fourth-order valence-electron chi connectivity index (χ4n) is 3.89. The molecule has 0 aromatic carbocycles. The highest BCUT2D eigenvalue weighted by Crippen LogP contribution is 2.26. The van der Waals surface area contributed by atoms with Crippen molar-refractivity contribution in [2.75, 3.05) is 13.2 Å². The third-order valence-corrected chi connectivity index (χ3v) is 5.78. The van der Waals surface area contributed by atoms with Gasteiger partial charge in [-0.2, -0.15) is 0 Å². The van der Waals surface area contributed by atoms with E-state index in [0.29, 0.717) is 18.7 Å². The van der Waals surface area contributed by atoms with Crippen LogP contribution in [0.5, 0.6) is 0 Å². The molecule has 3 rings (SSSR count). The summed E-state index contributed by atoms with van der Waals surface area (Å²) in [4.78, 5) is 4.79. The van der Waals surface area contributed by atoms with Crippen LogP contribution in [0.1, 0.15) is 63.5 Å². The lowest BCUT2D eigenvalue weighted by Crippen LogP contribution is -2.47. The summed E-state index contributed by atoms with van der Waals surface area (Å²) in [6.07, 6.45) is 8.98. The van der Waals surface area contributed by atoms with Gasteiger partial charge in [-0.3, -0.25) is 0 Å². The van der Waals surface area contributed by atoms with E-state index in [2.05, 4.69) is 27.8 Å². The zero-order chi connectivity index (χ0) is 18.4. The molecule has 3 atom stereocenters. The summed E-state index contributed by atoms with van der Waals surface area (Å²) in [6, 6.07) is 0.505. The maximum Gasteiger partial charge on any atom is 0.192 e. The summed E-state index contributed by atoms with van der Waals surface area (Å²) in [5.74, 6) is 3.51. The average Bonchev–Trinajstić information content (AvgIpc) is 3.29. The van der Waals surface area contributed by atoms with Crippen LogP contribution in [0.3, 0.4) is 0 Å². The van der Waals surface area contributed by atoms with Gasteiger partial charge in [0.05, 0.1) is 6.10 Å². The van der Waals surface area contributed by atoms with E-state index in [1.807, 2.05) is 18.5 Å². The van der Waals surface area contributed by atoms with Crippen molar-refractivity contribution in [3.63, 3.8) is 0 Å². The van der Waals surface area contributed by atoms with Crippen LogP contribution in [-0.2, 0) is 18.3 Å². The Bertz CT molecular complexity index is 593. The third-order valence-electron chi connectivity index (χ3n) is 5.78. The predicted molar refractivity (Wildman–Crippen MR) is 103 cm³/mol. The van der Waals surface area contributed by atoms with Crippen LogP contribution < -0.4 is 10.6 Å². The molecule has 0 spiro atoms. The molecule has 0 bridgehead atoms. The second-order valence-electron chi connectivity index (χ2n) is 7.69. The molecule has 7 heteroatoms. The van der Waals surface area contributed by atoms with E-state index < -0.39 is 0 Å². The molecule has 1 aliphatic heterocycles. The lowest BCUT2D eigenvalue weighted by atomic mass is 9.84. The van der Waals surface area contributed by atoms with Crippen molar-refractivity contribution in [1.29, 1.82) is 0 Å². The van der Waals surface area contributed by atoms with Gasteiger partial charge in [-0.05, 0) is 38.5 Å². The van der Waals surface area contributed by atoms with Crippen molar-refractivity contribution in [3.05, 3.63) is 11.6 Å². The van der Waals surface area contributed by atoms with Crippen LogP contribution >= 0.6 is 0 Å². The highest BCUT2D eigenvalue weighted by molar-refractivity contribution is 5.80. The van der Waals surface area contributed by atoms with Gasteiger partial charge in [-0.25, -0.2) is 4.99 Å². The van der Waals surface area contributed by atoms with Crippen LogP contribution in [0.25, 0.3) is 0 Å². The van der Waals surface area contributed by atoms with Gasteiger partial charge in [-0.15, -0.1) is 10.2 Å². The highest BCUT2D eigenvalue weighted by atomic mass is 16.5. The average molecular weight is 363 g/mol. The van der Waals surface area contributed by atoms with Crippen LogP contribution in [0.15, 0.2) is 4.99 Å². The molecule has 2 aliphatic rings. The van der Waals surface area contributed by atoms with Gasteiger partial charge in [0.2, 0.25) is 0 Å². The monoisotopic (exact) mass is 362 g/mol. The number of nitrogens with one attached hydrogen (secondary N) is 2. The second kappa shape index (κ2) is 9.35. The predicted octanol–water partition coefficient (Wildman–Crippen LogP) is 2.31. The lowest BCUT2D eigenvalue weighted by Gasteiger charge is -2.30. The summed E-state index contributed by atoms with van der Waals surface area (Å²) >= 11 is 0. The van der Waals surface area contributed by atoms with Crippen molar-refractivity contribution in [3.8, 4) is 0 Å². The van der Waals surface area contributed by atoms with Crippen molar-refractivity contribution < 1.29 is 4.74 Å². The largest absolute Gasteiger partial charge is 0.376 e. The molecule has 1 aromatic rings. The number of aliphatic imine (C=N–C) groups is 1. The third kappa shape index (κ3) is 5.19. The number of ether oxygens (including phenoxy) is 1. The van der Waals surface area contributed by atoms with Crippen molar-refractivity contribution in [2.24, 2.45) is 18.0 Å². The fourth-order valence-corrected chi connectivity index (χ4v) is 3.89. The maximum atomic E-state index is 5.74. The molecule has 2 fully saturated rings. The Morgan fingerprint density at radius 3 is 2.85 bits per heavy atom. The first-order chi connectivity index (χ1) is 12.7. The Hall–Kier alpha value is -1.63. The van der Waals surface area contributed by atoms with E-state index >= 15 is 0 Å². The summed E-state index contributed by atoms with van der Waals surface area (Å²) in [5, 5.41) is 15.5. The molecule has 2 N–H and O–H groups in total. The lowest BCUT2D eigenvalue weighted by molar-refractivity contribution is 0.113. The summed E-state index contributed by atoms with van der Waals surface area (Å²) < 4.78 is 7.74. The Balaban J connectivity index is 1.61. The number of guanidine groups is 1. The number of aromatic nitrogens is 3. The van der Waals surface area contributed by atoms with Crippen molar-refractivity contribution >= 4 is 5.96 Å². The van der Waals surface area contributed by atoms with Gasteiger partial charge in [0.25, 0.3) is 0 Å². The molecule has 1 aromatic heterocycles. The molecule has 7 nitrogen and oxygen atoms in total. The molecule has 0 radical (unpaired) electrons. The first-order valence-corrected chi connectivity index (χ1v) is 10.2. The van der Waals surface area contributed by atoms with E-state index in [4.69, 9.17) is 9.73 Å². The molecule has 2 heterocycles. The van der Waals surface area contributed by atoms with Gasteiger partial charge in [0.1, 0.15) is 12.4 Å². The maximum absolute atomic E-state index is 5.74. The molecule has 0 amide bonds. The minimum absolute atomic E-state index is 0.300. The molecule has 146 valence electrons. The molecule has 26 heavy (non-hydrogen) atoms. The minimum atomic E-state index is 0.300. The first kappa shape index (κ1) is 19.1. The molecular weight excluding hydrogens is 328 g/mol. The highest BCUT2D eigenvalue weighted by Gasteiger charge is 2.22. The topological polar surface area (TPSA) is 76.4 Å².